The van der Waals surface area contributed by atoms with E-state index in [9.17, 15) is 4.79 Å². The van der Waals surface area contributed by atoms with E-state index in [0.717, 1.165) is 0 Å². The molecule has 94 valence electrons. The maximum absolute atomic E-state index is 11.7. The van der Waals surface area contributed by atoms with Crippen molar-refractivity contribution in [3.8, 4) is 0 Å². The Kier molecular flexibility index (Phi) is 4.43. The summed E-state index contributed by atoms with van der Waals surface area (Å²) in [4.78, 5) is 19.9. The molecule has 0 atom stereocenters. The highest BCUT2D eigenvalue weighted by Crippen LogP contribution is 2.24. The fraction of sp³-hybridized carbons (Fsp3) is 0.583. The molecule has 0 spiro atoms. The largest absolute Gasteiger partial charge is 0.466 e. The molecule has 0 saturated carbocycles. The van der Waals surface area contributed by atoms with Gasteiger partial charge in [-0.25, -0.2) is 9.97 Å². The summed E-state index contributed by atoms with van der Waals surface area (Å²) in [6.07, 6.45) is 2.86. The molecule has 0 amide bonds. The zero-order valence-electron chi connectivity index (χ0n) is 10.6. The average Bonchev–Trinajstić information content (AvgIpc) is 2.27. The molecule has 5 nitrogen and oxygen atoms in total. The van der Waals surface area contributed by atoms with Gasteiger partial charge < -0.3 is 10.5 Å². The predicted octanol–water partition coefficient (Wildman–Crippen LogP) is 1.58. The first-order chi connectivity index (χ1) is 7.95. The van der Waals surface area contributed by atoms with Crippen molar-refractivity contribution >= 4 is 11.8 Å². The molecule has 1 aromatic heterocycles. The summed E-state index contributed by atoms with van der Waals surface area (Å²) in [5.74, 6) is 0.912. The number of esters is 1. The third kappa shape index (κ3) is 4.01. The molecule has 1 rings (SSSR count). The maximum atomic E-state index is 11.7. The Morgan fingerprint density at radius 1 is 1.53 bits per heavy atom. The molecule has 0 aliphatic heterocycles. The summed E-state index contributed by atoms with van der Waals surface area (Å²) < 4.78 is 5.01. The van der Waals surface area contributed by atoms with Crippen molar-refractivity contribution in [1.82, 2.24) is 9.97 Å². The number of nitrogens with two attached hydrogens (primary N) is 1. The van der Waals surface area contributed by atoms with Crippen molar-refractivity contribution < 1.29 is 9.53 Å². The maximum Gasteiger partial charge on any atom is 0.311 e. The molecule has 17 heavy (non-hydrogen) atoms. The van der Waals surface area contributed by atoms with E-state index >= 15 is 0 Å². The number of rotatable bonds is 5. The highest BCUT2D eigenvalue weighted by atomic mass is 16.5. The van der Waals surface area contributed by atoms with Crippen molar-refractivity contribution in [3.63, 3.8) is 0 Å². The van der Waals surface area contributed by atoms with Gasteiger partial charge in [-0.05, 0) is 33.3 Å². The van der Waals surface area contributed by atoms with E-state index < -0.39 is 5.41 Å². The number of carbonyl (C=O) groups is 1. The van der Waals surface area contributed by atoms with Crippen LogP contribution in [0.4, 0.5) is 5.82 Å². The van der Waals surface area contributed by atoms with Crippen LogP contribution in [-0.4, -0.2) is 22.5 Å². The zero-order chi connectivity index (χ0) is 12.9. The molecular weight excluding hydrogens is 218 g/mol. The molecule has 0 aliphatic rings. The van der Waals surface area contributed by atoms with Crippen LogP contribution >= 0.6 is 0 Å². The van der Waals surface area contributed by atoms with Crippen LogP contribution in [0.3, 0.4) is 0 Å². The van der Waals surface area contributed by atoms with Crippen LogP contribution in [0.15, 0.2) is 12.3 Å². The lowest BCUT2D eigenvalue weighted by molar-refractivity contribution is -0.153. The Labute approximate surface area is 101 Å². The average molecular weight is 237 g/mol. The van der Waals surface area contributed by atoms with E-state index in [1.807, 2.05) is 13.8 Å². The number of nitrogens with zero attached hydrogens (tertiary/aromatic N) is 2. The Balaban J connectivity index is 2.57. The van der Waals surface area contributed by atoms with Crippen molar-refractivity contribution in [1.29, 1.82) is 0 Å². The minimum atomic E-state index is -0.524. The number of hydrogen-bond donors (Lipinski definition) is 1. The second-order valence-electron chi connectivity index (χ2n) is 4.50. The van der Waals surface area contributed by atoms with Gasteiger partial charge in [0.1, 0.15) is 11.6 Å². The van der Waals surface area contributed by atoms with E-state index in [-0.39, 0.29) is 5.97 Å². The fourth-order valence-corrected chi connectivity index (χ4v) is 1.39. The lowest BCUT2D eigenvalue weighted by Crippen LogP contribution is -2.27. The number of carbonyl (C=O) groups excluding carboxylic acids is 1. The first-order valence-corrected chi connectivity index (χ1v) is 5.70. The summed E-state index contributed by atoms with van der Waals surface area (Å²) in [6, 6.07) is 1.64. The van der Waals surface area contributed by atoms with Crippen LogP contribution in [0.25, 0.3) is 0 Å². The Hall–Kier alpha value is -1.65. The number of aryl methyl sites for hydroxylation is 1. The zero-order valence-corrected chi connectivity index (χ0v) is 10.6. The third-order valence-corrected chi connectivity index (χ3v) is 2.53. The quantitative estimate of drug-likeness (QED) is 0.787. The van der Waals surface area contributed by atoms with Gasteiger partial charge in [-0.3, -0.25) is 4.79 Å². The highest BCUT2D eigenvalue weighted by molar-refractivity contribution is 5.75. The Morgan fingerprint density at radius 3 is 2.82 bits per heavy atom. The molecule has 0 radical (unpaired) electrons. The van der Waals surface area contributed by atoms with E-state index in [4.69, 9.17) is 10.5 Å². The van der Waals surface area contributed by atoms with Gasteiger partial charge >= 0.3 is 5.97 Å². The number of anilines is 1. The molecular formula is C12H19N3O2. The van der Waals surface area contributed by atoms with Crippen LogP contribution in [0.2, 0.25) is 0 Å². The first kappa shape index (κ1) is 13.4. The number of ether oxygens (including phenoxy) is 1. The topological polar surface area (TPSA) is 78.1 Å². The monoisotopic (exact) mass is 237 g/mol. The Morgan fingerprint density at radius 2 is 2.24 bits per heavy atom. The van der Waals surface area contributed by atoms with E-state index in [1.165, 1.54) is 0 Å². The molecule has 5 heteroatoms. The van der Waals surface area contributed by atoms with Gasteiger partial charge in [-0.1, -0.05) is 0 Å². The fourth-order valence-electron chi connectivity index (χ4n) is 1.39. The second kappa shape index (κ2) is 5.61. The Bertz CT molecular complexity index is 391. The van der Waals surface area contributed by atoms with Crippen molar-refractivity contribution in [2.24, 2.45) is 5.41 Å². The number of nitrogen functional groups attached to an aromatic ring is 1. The van der Waals surface area contributed by atoms with Gasteiger partial charge in [0, 0.05) is 12.6 Å². The van der Waals surface area contributed by atoms with Crippen LogP contribution in [-0.2, 0) is 16.0 Å². The van der Waals surface area contributed by atoms with Gasteiger partial charge in [-0.2, -0.15) is 0 Å². The molecule has 0 aromatic carbocycles. The molecule has 0 unspecified atom stereocenters. The molecule has 0 saturated heterocycles. The normalized spacial score (nSPS) is 11.2. The van der Waals surface area contributed by atoms with Crippen LogP contribution in [0.1, 0.15) is 33.0 Å². The van der Waals surface area contributed by atoms with Gasteiger partial charge in [0.25, 0.3) is 0 Å². The standard InChI is InChI=1S/C12H19N3O2/c1-4-17-11(16)12(2,3)7-5-10-14-8-6-9(13)15-10/h6,8H,4-5,7H2,1-3H3,(H2,13,14,15). The molecule has 0 aliphatic carbocycles. The van der Waals surface area contributed by atoms with Crippen LogP contribution < -0.4 is 5.73 Å². The van der Waals surface area contributed by atoms with Gasteiger partial charge in [-0.15, -0.1) is 0 Å². The van der Waals surface area contributed by atoms with E-state index in [0.29, 0.717) is 31.1 Å². The summed E-state index contributed by atoms with van der Waals surface area (Å²) in [6.45, 7) is 5.92. The van der Waals surface area contributed by atoms with Crippen LogP contribution in [0, 0.1) is 5.41 Å². The van der Waals surface area contributed by atoms with E-state index in [2.05, 4.69) is 9.97 Å². The van der Waals surface area contributed by atoms with Gasteiger partial charge in [0.05, 0.1) is 12.0 Å². The summed E-state index contributed by atoms with van der Waals surface area (Å²) in [5, 5.41) is 0. The van der Waals surface area contributed by atoms with Crippen molar-refractivity contribution in [3.05, 3.63) is 18.1 Å². The molecule has 1 aromatic rings. The lowest BCUT2D eigenvalue weighted by Gasteiger charge is -2.21. The summed E-state index contributed by atoms with van der Waals surface area (Å²) >= 11 is 0. The highest BCUT2D eigenvalue weighted by Gasteiger charge is 2.28. The molecule has 0 fully saturated rings. The minimum absolute atomic E-state index is 0.191. The first-order valence-electron chi connectivity index (χ1n) is 5.70. The van der Waals surface area contributed by atoms with Gasteiger partial charge in [0.2, 0.25) is 0 Å². The summed E-state index contributed by atoms with van der Waals surface area (Å²) in [5.41, 5.74) is 5.04. The smallest absolute Gasteiger partial charge is 0.311 e. The minimum Gasteiger partial charge on any atom is -0.466 e. The summed E-state index contributed by atoms with van der Waals surface area (Å²) in [7, 11) is 0. The van der Waals surface area contributed by atoms with Crippen molar-refractivity contribution in [2.75, 3.05) is 12.3 Å². The van der Waals surface area contributed by atoms with E-state index in [1.54, 1.807) is 19.2 Å². The van der Waals surface area contributed by atoms with Crippen molar-refractivity contribution in [2.45, 2.75) is 33.6 Å². The second-order valence-corrected chi connectivity index (χ2v) is 4.50. The van der Waals surface area contributed by atoms with Crippen LogP contribution in [0.5, 0.6) is 0 Å². The molecule has 2 N–H and O–H groups in total. The third-order valence-electron chi connectivity index (χ3n) is 2.53. The number of hydrogen-bond acceptors (Lipinski definition) is 5. The lowest BCUT2D eigenvalue weighted by atomic mass is 9.88. The number of aromatic nitrogens is 2. The van der Waals surface area contributed by atoms with Gasteiger partial charge in [0.15, 0.2) is 0 Å². The molecule has 1 heterocycles. The molecule has 0 bridgehead atoms. The predicted molar refractivity (Wildman–Crippen MR) is 65.2 cm³/mol. The SMILES string of the molecule is CCOC(=O)C(C)(C)CCc1nccc(N)n1.